The number of anilines is 1. The Morgan fingerprint density at radius 3 is 2.91 bits per heavy atom. The summed E-state index contributed by atoms with van der Waals surface area (Å²) in [5.74, 6) is 1.61. The molecule has 1 unspecified atom stereocenters. The fourth-order valence-electron chi connectivity index (χ4n) is 5.32. The molecule has 32 heavy (non-hydrogen) atoms. The number of carbonyl (C=O) groups excluding carboxylic acids is 1. The summed E-state index contributed by atoms with van der Waals surface area (Å²) >= 11 is 0. The van der Waals surface area contributed by atoms with Gasteiger partial charge in [-0.2, -0.15) is 0 Å². The first-order chi connectivity index (χ1) is 15.5. The Morgan fingerprint density at radius 2 is 2.19 bits per heavy atom. The van der Waals surface area contributed by atoms with E-state index in [2.05, 4.69) is 33.0 Å². The van der Waals surface area contributed by atoms with Gasteiger partial charge in [-0.1, -0.05) is 29.4 Å². The average molecular weight is 433 g/mol. The Balaban J connectivity index is 1.49. The van der Waals surface area contributed by atoms with Crippen LogP contribution in [0.4, 0.5) is 10.5 Å². The Kier molecular flexibility index (Phi) is 5.43. The van der Waals surface area contributed by atoms with Crippen molar-refractivity contribution in [3.63, 3.8) is 0 Å². The van der Waals surface area contributed by atoms with Crippen LogP contribution in [-0.4, -0.2) is 40.3 Å². The molecule has 0 radical (unpaired) electrons. The molecule has 0 saturated carbocycles. The third kappa shape index (κ3) is 3.66. The first-order valence-corrected chi connectivity index (χ1v) is 11.2. The zero-order valence-corrected chi connectivity index (χ0v) is 18.5. The Bertz CT molecular complexity index is 1130. The number of pyridine rings is 1. The van der Waals surface area contributed by atoms with Gasteiger partial charge in [0.15, 0.2) is 5.76 Å². The number of rotatable bonds is 5. The zero-order chi connectivity index (χ0) is 22.2. The van der Waals surface area contributed by atoms with Crippen LogP contribution in [-0.2, 0) is 4.74 Å². The van der Waals surface area contributed by atoms with Gasteiger partial charge in [0.05, 0.1) is 11.6 Å². The molecule has 7 nitrogen and oxygen atoms in total. The van der Waals surface area contributed by atoms with Crippen molar-refractivity contribution in [1.82, 2.24) is 15.0 Å². The standard InChI is InChI=1S/C25H28N4O3/c1-4-17-14-29-12-10-18(17)13-22(29)24(20-9-11-26-21-8-6-5-7-19(20)21)31-25(30)27-23-15(2)28-32-16(23)3/h4-9,11,17-18,22,24H,1,10,12-14H2,2-3H3,(H,27,30)/t17-,18+,22+,24-/m0/s1. The molecule has 3 aromatic rings. The van der Waals surface area contributed by atoms with Crippen LogP contribution in [0.3, 0.4) is 0 Å². The highest BCUT2D eigenvalue weighted by Crippen LogP contribution is 2.43. The molecule has 1 amide bonds. The lowest BCUT2D eigenvalue weighted by atomic mass is 9.73. The van der Waals surface area contributed by atoms with Gasteiger partial charge in [0, 0.05) is 23.7 Å². The van der Waals surface area contributed by atoms with Crippen molar-refractivity contribution >= 4 is 22.7 Å². The second-order valence-electron chi connectivity index (χ2n) is 8.81. The van der Waals surface area contributed by atoms with E-state index in [1.165, 1.54) is 0 Å². The van der Waals surface area contributed by atoms with E-state index in [0.29, 0.717) is 29.0 Å². The van der Waals surface area contributed by atoms with Crippen molar-refractivity contribution in [3.8, 4) is 0 Å². The van der Waals surface area contributed by atoms with E-state index in [9.17, 15) is 4.79 Å². The van der Waals surface area contributed by atoms with Crippen LogP contribution in [0.1, 0.15) is 36.0 Å². The minimum atomic E-state index is -0.506. The van der Waals surface area contributed by atoms with Gasteiger partial charge in [-0.15, -0.1) is 6.58 Å². The van der Waals surface area contributed by atoms with Crippen molar-refractivity contribution in [1.29, 1.82) is 0 Å². The number of ether oxygens (including phenoxy) is 1. The number of aryl methyl sites for hydroxylation is 2. The summed E-state index contributed by atoms with van der Waals surface area (Å²) < 4.78 is 11.4. The second kappa shape index (κ2) is 8.39. The van der Waals surface area contributed by atoms with E-state index < -0.39 is 12.2 Å². The molecular formula is C25H28N4O3. The minimum absolute atomic E-state index is 0.103. The first-order valence-electron chi connectivity index (χ1n) is 11.2. The number of amides is 1. The summed E-state index contributed by atoms with van der Waals surface area (Å²) in [6.45, 7) is 9.55. The molecule has 1 N–H and O–H groups in total. The van der Waals surface area contributed by atoms with Crippen LogP contribution in [0.2, 0.25) is 0 Å². The third-order valence-corrected chi connectivity index (χ3v) is 6.99. The molecule has 6 rings (SSSR count). The number of hydrogen-bond acceptors (Lipinski definition) is 6. The Hall–Kier alpha value is -3.19. The molecule has 3 aliphatic heterocycles. The molecule has 5 atom stereocenters. The predicted molar refractivity (Wildman–Crippen MR) is 122 cm³/mol. The van der Waals surface area contributed by atoms with Crippen molar-refractivity contribution in [2.45, 2.75) is 38.8 Å². The summed E-state index contributed by atoms with van der Waals surface area (Å²) in [7, 11) is 0. The number of piperidine rings is 3. The predicted octanol–water partition coefficient (Wildman–Crippen LogP) is 5.03. The molecule has 2 aromatic heterocycles. The summed E-state index contributed by atoms with van der Waals surface area (Å²) in [5, 5.41) is 7.76. The van der Waals surface area contributed by atoms with Gasteiger partial charge in [0.25, 0.3) is 0 Å². The van der Waals surface area contributed by atoms with E-state index >= 15 is 0 Å². The normalized spacial score (nSPS) is 25.4. The monoisotopic (exact) mass is 432 g/mol. The number of benzene rings is 1. The van der Waals surface area contributed by atoms with Gasteiger partial charge in [0.1, 0.15) is 17.5 Å². The van der Waals surface area contributed by atoms with Crippen LogP contribution in [0.5, 0.6) is 0 Å². The smallest absolute Gasteiger partial charge is 0.412 e. The number of para-hydroxylation sites is 1. The molecule has 166 valence electrons. The fourth-order valence-corrected chi connectivity index (χ4v) is 5.32. The van der Waals surface area contributed by atoms with Crippen LogP contribution < -0.4 is 5.32 Å². The second-order valence-corrected chi connectivity index (χ2v) is 8.81. The van der Waals surface area contributed by atoms with E-state index in [-0.39, 0.29) is 6.04 Å². The van der Waals surface area contributed by atoms with Gasteiger partial charge in [0.2, 0.25) is 0 Å². The van der Waals surface area contributed by atoms with Crippen LogP contribution in [0, 0.1) is 25.7 Å². The zero-order valence-electron chi connectivity index (χ0n) is 18.5. The van der Waals surface area contributed by atoms with E-state index in [1.807, 2.05) is 30.3 Å². The third-order valence-electron chi connectivity index (χ3n) is 6.99. The molecule has 0 aliphatic carbocycles. The maximum atomic E-state index is 13.1. The number of carbonyl (C=O) groups is 1. The van der Waals surface area contributed by atoms with Crippen molar-refractivity contribution < 1.29 is 14.1 Å². The minimum Gasteiger partial charge on any atom is -0.439 e. The van der Waals surface area contributed by atoms with Crippen molar-refractivity contribution in [2.75, 3.05) is 18.4 Å². The number of nitrogens with zero attached hydrogens (tertiary/aromatic N) is 3. The summed E-state index contributed by atoms with van der Waals surface area (Å²) in [6.07, 6.45) is 5.07. The Labute approximate surface area is 187 Å². The number of nitrogens with one attached hydrogen (secondary N) is 1. The van der Waals surface area contributed by atoms with Crippen LogP contribution in [0.15, 0.2) is 53.7 Å². The van der Waals surface area contributed by atoms with Gasteiger partial charge >= 0.3 is 6.09 Å². The lowest BCUT2D eigenvalue weighted by Crippen LogP contribution is -2.55. The highest BCUT2D eigenvalue weighted by molar-refractivity contribution is 5.87. The highest BCUT2D eigenvalue weighted by atomic mass is 16.6. The lowest BCUT2D eigenvalue weighted by Gasteiger charge is -2.51. The van der Waals surface area contributed by atoms with Crippen LogP contribution in [0.25, 0.3) is 10.9 Å². The average Bonchev–Trinajstić information content (AvgIpc) is 3.14. The highest BCUT2D eigenvalue weighted by Gasteiger charge is 2.44. The molecule has 3 aliphatic rings. The molecule has 2 bridgehead atoms. The van der Waals surface area contributed by atoms with Gasteiger partial charge in [-0.25, -0.2) is 4.79 Å². The number of aromatic nitrogens is 2. The molecule has 5 heterocycles. The van der Waals surface area contributed by atoms with E-state index in [0.717, 1.165) is 42.4 Å². The van der Waals surface area contributed by atoms with E-state index in [1.54, 1.807) is 20.0 Å². The summed E-state index contributed by atoms with van der Waals surface area (Å²) in [6, 6.07) is 10.1. The summed E-state index contributed by atoms with van der Waals surface area (Å²) in [4.78, 5) is 20.0. The number of fused-ring (bicyclic) bond motifs is 4. The largest absolute Gasteiger partial charge is 0.439 e. The van der Waals surface area contributed by atoms with Crippen molar-refractivity contribution in [2.24, 2.45) is 11.8 Å². The van der Waals surface area contributed by atoms with Gasteiger partial charge < -0.3 is 9.26 Å². The quantitative estimate of drug-likeness (QED) is 0.570. The van der Waals surface area contributed by atoms with Gasteiger partial charge in [-0.05, 0) is 57.2 Å². The molecular weight excluding hydrogens is 404 g/mol. The lowest BCUT2D eigenvalue weighted by molar-refractivity contribution is -0.0473. The maximum absolute atomic E-state index is 13.1. The molecule has 3 saturated heterocycles. The first kappa shape index (κ1) is 20.7. The molecule has 3 fully saturated rings. The van der Waals surface area contributed by atoms with Gasteiger partial charge in [-0.3, -0.25) is 15.2 Å². The SMILES string of the molecule is C=C[C@H]1CN2CC[C@@H]1C[C@@H]2[C@@H](OC(=O)Nc1c(C)noc1C)c1ccnc2ccccc12. The molecule has 0 spiro atoms. The van der Waals surface area contributed by atoms with Crippen molar-refractivity contribution in [3.05, 3.63) is 66.2 Å². The maximum Gasteiger partial charge on any atom is 0.412 e. The Morgan fingerprint density at radius 1 is 1.34 bits per heavy atom. The summed E-state index contributed by atoms with van der Waals surface area (Å²) in [5.41, 5.74) is 3.06. The fraction of sp³-hybridized carbons (Fsp3) is 0.400. The van der Waals surface area contributed by atoms with E-state index in [4.69, 9.17) is 9.26 Å². The topological polar surface area (TPSA) is 80.5 Å². The molecule has 7 heteroatoms. The van der Waals surface area contributed by atoms with Crippen LogP contribution >= 0.6 is 0 Å². The number of hydrogen-bond donors (Lipinski definition) is 1. The molecule has 1 aromatic carbocycles.